The van der Waals surface area contributed by atoms with Gasteiger partial charge in [-0.1, -0.05) is 30.7 Å². The number of nitrogens with two attached hydrogens (primary N) is 1. The van der Waals surface area contributed by atoms with Crippen molar-refractivity contribution in [1.29, 1.82) is 0 Å². The molecule has 0 radical (unpaired) electrons. The number of benzene rings is 1. The van der Waals surface area contributed by atoms with Crippen LogP contribution in [0, 0.1) is 0 Å². The molecule has 94 valence electrons. The lowest BCUT2D eigenvalue weighted by Crippen LogP contribution is -2.43. The Morgan fingerprint density at radius 2 is 1.71 bits per heavy atom. The Bertz CT molecular complexity index is 352. The second kappa shape index (κ2) is 5.65. The molecule has 0 spiro atoms. The van der Waals surface area contributed by atoms with Gasteiger partial charge in [0.2, 0.25) is 0 Å². The smallest absolute Gasteiger partial charge is 0.0242 e. The van der Waals surface area contributed by atoms with Crippen molar-refractivity contribution in [2.45, 2.75) is 58.3 Å². The zero-order valence-electron chi connectivity index (χ0n) is 11.0. The first-order valence-electron chi connectivity index (χ1n) is 6.75. The van der Waals surface area contributed by atoms with Crippen molar-refractivity contribution in [3.8, 4) is 0 Å². The van der Waals surface area contributed by atoms with E-state index in [4.69, 9.17) is 5.73 Å². The highest BCUT2D eigenvalue weighted by atomic mass is 15.2. The van der Waals surface area contributed by atoms with Gasteiger partial charge in [-0.05, 0) is 37.8 Å². The normalized spacial score (nSPS) is 26.1. The highest BCUT2D eigenvalue weighted by Gasteiger charge is 2.24. The molecule has 1 aromatic rings. The quantitative estimate of drug-likeness (QED) is 0.868. The van der Waals surface area contributed by atoms with Gasteiger partial charge < -0.3 is 5.73 Å². The third-order valence-corrected chi connectivity index (χ3v) is 4.07. The third-order valence-electron chi connectivity index (χ3n) is 4.07. The molecule has 0 amide bonds. The minimum absolute atomic E-state index is 0.646. The van der Waals surface area contributed by atoms with Crippen LogP contribution in [0.3, 0.4) is 0 Å². The molecule has 1 fully saturated rings. The van der Waals surface area contributed by atoms with Crippen molar-refractivity contribution < 1.29 is 0 Å². The molecule has 1 aromatic carbocycles. The average Bonchev–Trinajstić information content (AvgIpc) is 2.34. The van der Waals surface area contributed by atoms with Crippen LogP contribution >= 0.6 is 0 Å². The van der Waals surface area contributed by atoms with Gasteiger partial charge in [0, 0.05) is 25.2 Å². The Labute approximate surface area is 105 Å². The fourth-order valence-electron chi connectivity index (χ4n) is 2.89. The van der Waals surface area contributed by atoms with Gasteiger partial charge in [-0.15, -0.1) is 0 Å². The van der Waals surface area contributed by atoms with Gasteiger partial charge in [-0.2, -0.15) is 0 Å². The van der Waals surface area contributed by atoms with E-state index < -0.39 is 0 Å². The topological polar surface area (TPSA) is 29.3 Å². The van der Waals surface area contributed by atoms with Gasteiger partial charge in [0.1, 0.15) is 0 Å². The molecule has 0 aliphatic carbocycles. The van der Waals surface area contributed by atoms with Crippen LogP contribution in [0.25, 0.3) is 0 Å². The van der Waals surface area contributed by atoms with Crippen molar-refractivity contribution in [1.82, 2.24) is 4.90 Å². The lowest BCUT2D eigenvalue weighted by atomic mass is 9.96. The molecule has 2 nitrogen and oxygen atoms in total. The summed E-state index contributed by atoms with van der Waals surface area (Å²) in [5.74, 6) is 0. The van der Waals surface area contributed by atoms with Crippen molar-refractivity contribution in [3.63, 3.8) is 0 Å². The molecule has 17 heavy (non-hydrogen) atoms. The van der Waals surface area contributed by atoms with E-state index in [1.807, 2.05) is 0 Å². The highest BCUT2D eigenvalue weighted by Crippen LogP contribution is 2.25. The minimum atomic E-state index is 0.646. The predicted octanol–water partition coefficient (Wildman–Crippen LogP) is 2.91. The first kappa shape index (κ1) is 12.6. The first-order chi connectivity index (χ1) is 8.22. The summed E-state index contributed by atoms with van der Waals surface area (Å²) in [7, 11) is 0. The molecular weight excluding hydrogens is 208 g/mol. The second-order valence-electron chi connectivity index (χ2n) is 5.27. The summed E-state index contributed by atoms with van der Waals surface area (Å²) in [5, 5.41) is 0. The molecule has 1 aliphatic rings. The standard InChI is InChI=1S/C15H24N2/c1-12-6-5-7-13(2)17(12)11-15-9-4-3-8-14(15)10-16/h3-4,8-9,12-13H,5-7,10-11,16H2,1-2H3. The molecule has 2 unspecified atom stereocenters. The van der Waals surface area contributed by atoms with E-state index in [2.05, 4.69) is 43.0 Å². The zero-order valence-corrected chi connectivity index (χ0v) is 11.0. The van der Waals surface area contributed by atoms with Gasteiger partial charge in [0.15, 0.2) is 0 Å². The number of piperidine rings is 1. The summed E-state index contributed by atoms with van der Waals surface area (Å²) in [6, 6.07) is 9.96. The fourth-order valence-corrected chi connectivity index (χ4v) is 2.89. The van der Waals surface area contributed by atoms with E-state index in [9.17, 15) is 0 Å². The predicted molar refractivity (Wildman–Crippen MR) is 72.7 cm³/mol. The number of nitrogens with zero attached hydrogens (tertiary/aromatic N) is 1. The van der Waals surface area contributed by atoms with Gasteiger partial charge in [0.25, 0.3) is 0 Å². The van der Waals surface area contributed by atoms with E-state index in [1.54, 1.807) is 0 Å². The second-order valence-corrected chi connectivity index (χ2v) is 5.27. The molecule has 0 saturated carbocycles. The summed E-state index contributed by atoms with van der Waals surface area (Å²) in [5.41, 5.74) is 8.49. The maximum atomic E-state index is 5.81. The number of hydrogen-bond acceptors (Lipinski definition) is 2. The first-order valence-corrected chi connectivity index (χ1v) is 6.75. The Balaban J connectivity index is 2.13. The Morgan fingerprint density at radius 3 is 2.29 bits per heavy atom. The van der Waals surface area contributed by atoms with Crippen LogP contribution < -0.4 is 5.73 Å². The molecule has 0 bridgehead atoms. The van der Waals surface area contributed by atoms with Crippen LogP contribution in [-0.4, -0.2) is 17.0 Å². The van der Waals surface area contributed by atoms with Crippen LogP contribution in [0.15, 0.2) is 24.3 Å². The lowest BCUT2D eigenvalue weighted by molar-refractivity contribution is 0.0950. The van der Waals surface area contributed by atoms with Crippen LogP contribution in [0.4, 0.5) is 0 Å². The van der Waals surface area contributed by atoms with Gasteiger partial charge >= 0.3 is 0 Å². The van der Waals surface area contributed by atoms with E-state index in [0.717, 1.165) is 6.54 Å². The Kier molecular flexibility index (Phi) is 4.19. The third kappa shape index (κ3) is 2.88. The zero-order chi connectivity index (χ0) is 12.3. The van der Waals surface area contributed by atoms with Crippen LogP contribution in [0.2, 0.25) is 0 Å². The number of rotatable bonds is 3. The van der Waals surface area contributed by atoms with E-state index >= 15 is 0 Å². The fraction of sp³-hybridized carbons (Fsp3) is 0.600. The molecule has 2 atom stereocenters. The molecular formula is C15H24N2. The lowest BCUT2D eigenvalue weighted by Gasteiger charge is -2.39. The minimum Gasteiger partial charge on any atom is -0.326 e. The van der Waals surface area contributed by atoms with E-state index in [-0.39, 0.29) is 0 Å². The summed E-state index contributed by atoms with van der Waals surface area (Å²) < 4.78 is 0. The highest BCUT2D eigenvalue weighted by molar-refractivity contribution is 5.27. The van der Waals surface area contributed by atoms with Crippen LogP contribution in [0.5, 0.6) is 0 Å². The molecule has 2 rings (SSSR count). The van der Waals surface area contributed by atoms with E-state index in [1.165, 1.54) is 30.4 Å². The van der Waals surface area contributed by atoms with Gasteiger partial charge in [-0.3, -0.25) is 4.90 Å². The summed E-state index contributed by atoms with van der Waals surface area (Å²) in [4.78, 5) is 2.62. The van der Waals surface area contributed by atoms with Gasteiger partial charge in [-0.25, -0.2) is 0 Å². The van der Waals surface area contributed by atoms with Crippen molar-refractivity contribution >= 4 is 0 Å². The Hall–Kier alpha value is -0.860. The van der Waals surface area contributed by atoms with Crippen LogP contribution in [-0.2, 0) is 13.1 Å². The average molecular weight is 232 g/mol. The monoisotopic (exact) mass is 232 g/mol. The van der Waals surface area contributed by atoms with Crippen molar-refractivity contribution in [2.24, 2.45) is 5.73 Å². The SMILES string of the molecule is CC1CCCC(C)N1Cc1ccccc1CN. The molecule has 2 N–H and O–H groups in total. The largest absolute Gasteiger partial charge is 0.326 e. The van der Waals surface area contributed by atoms with Crippen LogP contribution in [0.1, 0.15) is 44.2 Å². The molecule has 1 aliphatic heterocycles. The maximum absolute atomic E-state index is 5.81. The van der Waals surface area contributed by atoms with Gasteiger partial charge in [0.05, 0.1) is 0 Å². The molecule has 2 heteroatoms. The summed E-state index contributed by atoms with van der Waals surface area (Å²) in [6.45, 7) is 6.39. The molecule has 1 heterocycles. The molecule has 1 saturated heterocycles. The summed E-state index contributed by atoms with van der Waals surface area (Å²) >= 11 is 0. The Morgan fingerprint density at radius 1 is 1.12 bits per heavy atom. The number of hydrogen-bond donors (Lipinski definition) is 1. The molecule has 0 aromatic heterocycles. The van der Waals surface area contributed by atoms with E-state index in [0.29, 0.717) is 18.6 Å². The van der Waals surface area contributed by atoms with Crippen molar-refractivity contribution in [2.75, 3.05) is 0 Å². The number of likely N-dealkylation sites (tertiary alicyclic amines) is 1. The maximum Gasteiger partial charge on any atom is 0.0242 e. The van der Waals surface area contributed by atoms with Crippen molar-refractivity contribution in [3.05, 3.63) is 35.4 Å². The summed E-state index contributed by atoms with van der Waals surface area (Å²) in [6.07, 6.45) is 4.03.